The van der Waals surface area contributed by atoms with Crippen LogP contribution in [0.5, 0.6) is 0 Å². The Morgan fingerprint density at radius 3 is 2.62 bits per heavy atom. The summed E-state index contributed by atoms with van der Waals surface area (Å²) in [5.74, 6) is -2.09. The number of nitrogens with zero attached hydrogens (tertiary/aromatic N) is 2. The molecule has 1 aliphatic heterocycles. The molecular formula is C21H27Cl2N5O5S. The number of carbonyl (C=O) groups excluding carboxylic acids is 2. The maximum Gasteiger partial charge on any atom is 0.348 e. The third-order valence-corrected chi connectivity index (χ3v) is 7.49. The van der Waals surface area contributed by atoms with Gasteiger partial charge in [0, 0.05) is 38.0 Å². The Hall–Kier alpha value is -2.34. The van der Waals surface area contributed by atoms with Crippen LogP contribution >= 0.6 is 34.5 Å². The van der Waals surface area contributed by atoms with Crippen LogP contribution in [0.25, 0.3) is 0 Å². The molecule has 0 spiro atoms. The number of aromatic nitrogens is 2. The SMILES string of the molecule is COC[C@H](C)NC(=O)c1nc(N2CCCC(NC(=O)c3[nH]c(C)c(Cl)c3Cl)CC2)sc1C(=O)O. The number of anilines is 1. The van der Waals surface area contributed by atoms with Crippen LogP contribution in [-0.4, -0.2) is 71.7 Å². The monoisotopic (exact) mass is 531 g/mol. The van der Waals surface area contributed by atoms with E-state index in [0.29, 0.717) is 42.0 Å². The van der Waals surface area contributed by atoms with Gasteiger partial charge in [-0.1, -0.05) is 34.5 Å². The summed E-state index contributed by atoms with van der Waals surface area (Å²) in [6.07, 6.45) is 2.09. The highest BCUT2D eigenvalue weighted by Gasteiger charge is 2.28. The van der Waals surface area contributed by atoms with E-state index >= 15 is 0 Å². The molecule has 2 aromatic heterocycles. The summed E-state index contributed by atoms with van der Waals surface area (Å²) in [6.45, 7) is 4.95. The van der Waals surface area contributed by atoms with Gasteiger partial charge in [-0.2, -0.15) is 0 Å². The molecule has 2 aromatic rings. The summed E-state index contributed by atoms with van der Waals surface area (Å²) in [5, 5.41) is 16.3. The number of thiazole rings is 1. The fourth-order valence-corrected chi connectivity index (χ4v) is 5.11. The van der Waals surface area contributed by atoms with Gasteiger partial charge in [-0.3, -0.25) is 9.59 Å². The maximum atomic E-state index is 12.7. The van der Waals surface area contributed by atoms with Crippen LogP contribution in [0.1, 0.15) is 62.5 Å². The second-order valence-corrected chi connectivity index (χ2v) is 9.88. The highest BCUT2D eigenvalue weighted by Crippen LogP contribution is 2.30. The van der Waals surface area contributed by atoms with Gasteiger partial charge in [0.15, 0.2) is 10.8 Å². The fourth-order valence-electron chi connectivity index (χ4n) is 3.74. The van der Waals surface area contributed by atoms with Gasteiger partial charge in [-0.05, 0) is 33.1 Å². The van der Waals surface area contributed by atoms with Gasteiger partial charge in [-0.15, -0.1) is 0 Å². The highest BCUT2D eigenvalue weighted by molar-refractivity contribution is 7.17. The zero-order chi connectivity index (χ0) is 25.0. The molecule has 3 rings (SSSR count). The van der Waals surface area contributed by atoms with Crippen molar-refractivity contribution in [3.05, 3.63) is 32.0 Å². The Morgan fingerprint density at radius 2 is 2.00 bits per heavy atom. The van der Waals surface area contributed by atoms with E-state index in [1.54, 1.807) is 13.8 Å². The molecule has 186 valence electrons. The number of aromatic amines is 1. The lowest BCUT2D eigenvalue weighted by Gasteiger charge is -2.19. The number of hydrogen-bond donors (Lipinski definition) is 4. The number of aromatic carboxylic acids is 1. The predicted octanol–water partition coefficient (Wildman–Crippen LogP) is 3.34. The van der Waals surface area contributed by atoms with Crippen molar-refractivity contribution in [3.63, 3.8) is 0 Å². The van der Waals surface area contributed by atoms with E-state index in [4.69, 9.17) is 27.9 Å². The Labute approximate surface area is 211 Å². The van der Waals surface area contributed by atoms with Crippen molar-refractivity contribution < 1.29 is 24.2 Å². The van der Waals surface area contributed by atoms with Crippen molar-refractivity contribution >= 4 is 57.5 Å². The number of hydrogen-bond acceptors (Lipinski definition) is 7. The lowest BCUT2D eigenvalue weighted by atomic mass is 10.1. The molecule has 1 aliphatic rings. The van der Waals surface area contributed by atoms with Crippen molar-refractivity contribution in [2.75, 3.05) is 31.7 Å². The molecule has 10 nitrogen and oxygen atoms in total. The first kappa shape index (κ1) is 26.3. The molecule has 0 aromatic carbocycles. The molecule has 34 heavy (non-hydrogen) atoms. The summed E-state index contributed by atoms with van der Waals surface area (Å²) in [7, 11) is 1.52. The third-order valence-electron chi connectivity index (χ3n) is 5.43. The highest BCUT2D eigenvalue weighted by atomic mass is 35.5. The number of amides is 2. The average molecular weight is 532 g/mol. The topological polar surface area (TPSA) is 137 Å². The molecule has 4 N–H and O–H groups in total. The Morgan fingerprint density at radius 1 is 1.26 bits per heavy atom. The standard InChI is InChI=1S/C21H27Cl2N5O5S/c1-10(9-33-3)24-19(30)16-17(20(31)32)34-21(27-16)28-7-4-5-12(6-8-28)26-18(29)15-14(23)13(22)11(2)25-15/h10,12,25H,4-9H2,1-3H3,(H,24,30)(H,26,29)(H,31,32)/t10-,12?/m0/s1. The van der Waals surface area contributed by atoms with E-state index in [1.807, 2.05) is 4.90 Å². The van der Waals surface area contributed by atoms with Gasteiger partial charge in [0.1, 0.15) is 10.6 Å². The number of carboxylic acid groups (broad SMARTS) is 1. The first-order valence-electron chi connectivity index (χ1n) is 10.8. The second-order valence-electron chi connectivity index (χ2n) is 8.15. The molecule has 2 atom stereocenters. The van der Waals surface area contributed by atoms with Gasteiger partial charge >= 0.3 is 5.97 Å². The quantitative estimate of drug-likeness (QED) is 0.409. The molecular weight excluding hydrogens is 505 g/mol. The fraction of sp³-hybridized carbons (Fsp3) is 0.524. The van der Waals surface area contributed by atoms with E-state index in [9.17, 15) is 19.5 Å². The number of nitrogens with one attached hydrogen (secondary N) is 3. The minimum absolute atomic E-state index is 0.104. The zero-order valence-corrected chi connectivity index (χ0v) is 21.4. The normalized spacial score (nSPS) is 17.2. The Balaban J connectivity index is 1.68. The lowest BCUT2D eigenvalue weighted by Crippen LogP contribution is -2.36. The largest absolute Gasteiger partial charge is 0.477 e. The first-order valence-corrected chi connectivity index (χ1v) is 12.3. The molecule has 0 saturated carbocycles. The van der Waals surface area contributed by atoms with Crippen molar-refractivity contribution in [2.24, 2.45) is 0 Å². The molecule has 13 heteroatoms. The summed E-state index contributed by atoms with van der Waals surface area (Å²) < 4.78 is 5.01. The number of H-pyrrole nitrogens is 1. The summed E-state index contributed by atoms with van der Waals surface area (Å²) in [4.78, 5) is 46.1. The van der Waals surface area contributed by atoms with Crippen molar-refractivity contribution in [1.82, 2.24) is 20.6 Å². The van der Waals surface area contributed by atoms with Gasteiger partial charge in [0.2, 0.25) is 0 Å². The van der Waals surface area contributed by atoms with Crippen molar-refractivity contribution in [3.8, 4) is 0 Å². The van der Waals surface area contributed by atoms with Crippen LogP contribution in [0.15, 0.2) is 0 Å². The van der Waals surface area contributed by atoms with Crippen LogP contribution in [0, 0.1) is 6.92 Å². The summed E-state index contributed by atoms with van der Waals surface area (Å²) >= 11 is 13.2. The van der Waals surface area contributed by atoms with E-state index < -0.39 is 11.9 Å². The van der Waals surface area contributed by atoms with Crippen LogP contribution < -0.4 is 15.5 Å². The molecule has 3 heterocycles. The third kappa shape index (κ3) is 6.01. The van der Waals surface area contributed by atoms with Crippen LogP contribution in [0.4, 0.5) is 5.13 Å². The minimum Gasteiger partial charge on any atom is -0.477 e. The summed E-state index contributed by atoms with van der Waals surface area (Å²) in [6, 6.07) is -0.397. The number of ether oxygens (including phenoxy) is 1. The van der Waals surface area contributed by atoms with Gasteiger partial charge in [0.25, 0.3) is 11.8 Å². The number of aryl methyl sites for hydroxylation is 1. The van der Waals surface area contributed by atoms with E-state index in [2.05, 4.69) is 20.6 Å². The molecule has 0 bridgehead atoms. The Bertz CT molecular complexity index is 1070. The summed E-state index contributed by atoms with van der Waals surface area (Å²) in [5.41, 5.74) is 0.742. The van der Waals surface area contributed by atoms with Gasteiger partial charge < -0.3 is 30.4 Å². The number of rotatable bonds is 8. The van der Waals surface area contributed by atoms with Gasteiger partial charge in [-0.25, -0.2) is 9.78 Å². The van der Waals surface area contributed by atoms with Crippen molar-refractivity contribution in [2.45, 2.75) is 45.2 Å². The first-order chi connectivity index (χ1) is 16.1. The van der Waals surface area contributed by atoms with Gasteiger partial charge in [0.05, 0.1) is 16.7 Å². The predicted molar refractivity (Wildman–Crippen MR) is 131 cm³/mol. The molecule has 0 aliphatic carbocycles. The van der Waals surface area contributed by atoms with Crippen molar-refractivity contribution in [1.29, 1.82) is 0 Å². The molecule has 1 unspecified atom stereocenters. The number of carboxylic acids is 1. The van der Waals surface area contributed by atoms with Crippen LogP contribution in [0.2, 0.25) is 10.0 Å². The van der Waals surface area contributed by atoms with E-state index in [1.165, 1.54) is 7.11 Å². The second kappa shape index (κ2) is 11.4. The van der Waals surface area contributed by atoms with Crippen LogP contribution in [0.3, 0.4) is 0 Å². The number of halogens is 2. The molecule has 2 amide bonds. The molecule has 1 saturated heterocycles. The minimum atomic E-state index is -1.20. The average Bonchev–Trinajstić information content (AvgIpc) is 3.24. The smallest absolute Gasteiger partial charge is 0.348 e. The Kier molecular flexibility index (Phi) is 8.80. The van der Waals surface area contributed by atoms with Crippen LogP contribution in [-0.2, 0) is 4.74 Å². The van der Waals surface area contributed by atoms with E-state index in [0.717, 1.165) is 24.2 Å². The number of methoxy groups -OCH3 is 1. The molecule has 1 fully saturated rings. The molecule has 0 radical (unpaired) electrons. The number of carbonyl (C=O) groups is 3. The zero-order valence-electron chi connectivity index (χ0n) is 19.0. The maximum absolute atomic E-state index is 12.7. The van der Waals surface area contributed by atoms with E-state index in [-0.39, 0.29) is 39.3 Å². The lowest BCUT2D eigenvalue weighted by molar-refractivity contribution is 0.0694.